The van der Waals surface area contributed by atoms with E-state index < -0.39 is 0 Å². The largest absolute Gasteiger partial charge is 0.381 e. The molecular formula is C23H22N4O2. The Balaban J connectivity index is 1.60. The molecule has 3 aromatic rings. The third-order valence-corrected chi connectivity index (χ3v) is 5.48. The number of nitrogens with zero attached hydrogens (tertiary/aromatic N) is 3. The second-order valence-electron chi connectivity index (χ2n) is 7.34. The number of benzodiazepines with no additional fused rings is 1. The summed E-state index contributed by atoms with van der Waals surface area (Å²) in [6.07, 6.45) is 3.78. The van der Waals surface area contributed by atoms with Gasteiger partial charge in [-0.15, -0.1) is 0 Å². The van der Waals surface area contributed by atoms with Gasteiger partial charge < -0.3 is 10.1 Å². The Bertz CT molecular complexity index is 1070. The molecule has 1 aromatic heterocycles. The first-order valence-electron chi connectivity index (χ1n) is 9.95. The zero-order valence-electron chi connectivity index (χ0n) is 16.0. The van der Waals surface area contributed by atoms with Gasteiger partial charge in [0, 0.05) is 36.1 Å². The van der Waals surface area contributed by atoms with Crippen LogP contribution in [-0.4, -0.2) is 41.2 Å². The van der Waals surface area contributed by atoms with Crippen molar-refractivity contribution in [2.45, 2.75) is 18.9 Å². The van der Waals surface area contributed by atoms with E-state index in [-0.39, 0.29) is 12.5 Å². The fourth-order valence-corrected chi connectivity index (χ4v) is 4.04. The van der Waals surface area contributed by atoms with E-state index in [1.807, 2.05) is 54.7 Å². The zero-order valence-corrected chi connectivity index (χ0v) is 16.0. The molecule has 0 bridgehead atoms. The van der Waals surface area contributed by atoms with Crippen LogP contribution in [0.2, 0.25) is 0 Å². The van der Waals surface area contributed by atoms with Crippen molar-refractivity contribution in [3.05, 3.63) is 71.9 Å². The molecule has 2 aromatic carbocycles. The molecule has 1 N–H and O–H groups in total. The lowest BCUT2D eigenvalue weighted by Crippen LogP contribution is -2.21. The third kappa shape index (κ3) is 3.47. The number of carbonyl (C=O) groups is 1. The van der Waals surface area contributed by atoms with Crippen molar-refractivity contribution in [1.82, 2.24) is 9.78 Å². The molecule has 2 aliphatic heterocycles. The number of hydrogen-bond donors (Lipinski definition) is 1. The molecule has 0 saturated carbocycles. The molecule has 1 fully saturated rings. The van der Waals surface area contributed by atoms with Gasteiger partial charge in [0.05, 0.1) is 23.1 Å². The number of ether oxygens (including phenoxy) is 1. The van der Waals surface area contributed by atoms with Gasteiger partial charge in [-0.05, 0) is 31.0 Å². The average Bonchev–Trinajstić information content (AvgIpc) is 3.19. The van der Waals surface area contributed by atoms with Gasteiger partial charge in [0.15, 0.2) is 0 Å². The molecule has 1 amide bonds. The quantitative estimate of drug-likeness (QED) is 0.746. The number of benzene rings is 2. The minimum Gasteiger partial charge on any atom is -0.381 e. The highest BCUT2D eigenvalue weighted by Crippen LogP contribution is 2.31. The van der Waals surface area contributed by atoms with Crippen LogP contribution in [-0.2, 0) is 9.53 Å². The van der Waals surface area contributed by atoms with Crippen LogP contribution >= 0.6 is 0 Å². The van der Waals surface area contributed by atoms with Crippen molar-refractivity contribution in [3.63, 3.8) is 0 Å². The fraction of sp³-hybridized carbons (Fsp3) is 0.261. The molecule has 146 valence electrons. The summed E-state index contributed by atoms with van der Waals surface area (Å²) >= 11 is 0. The van der Waals surface area contributed by atoms with E-state index in [9.17, 15) is 4.79 Å². The monoisotopic (exact) mass is 386 g/mol. The van der Waals surface area contributed by atoms with Crippen LogP contribution in [0.3, 0.4) is 0 Å². The van der Waals surface area contributed by atoms with Crippen molar-refractivity contribution < 1.29 is 9.53 Å². The van der Waals surface area contributed by atoms with Gasteiger partial charge in [-0.2, -0.15) is 5.10 Å². The van der Waals surface area contributed by atoms with Crippen LogP contribution in [0.1, 0.15) is 30.0 Å². The van der Waals surface area contributed by atoms with Crippen LogP contribution in [0.15, 0.2) is 65.8 Å². The van der Waals surface area contributed by atoms with Gasteiger partial charge in [0.2, 0.25) is 5.91 Å². The maximum absolute atomic E-state index is 12.2. The molecule has 0 radical (unpaired) electrons. The number of rotatable bonds is 3. The highest BCUT2D eigenvalue weighted by atomic mass is 16.5. The van der Waals surface area contributed by atoms with Crippen molar-refractivity contribution in [2.24, 2.45) is 4.99 Å². The molecule has 6 heteroatoms. The third-order valence-electron chi connectivity index (χ3n) is 5.48. The van der Waals surface area contributed by atoms with Crippen LogP contribution in [0.25, 0.3) is 11.3 Å². The Morgan fingerprint density at radius 3 is 2.66 bits per heavy atom. The molecule has 0 atom stereocenters. The summed E-state index contributed by atoms with van der Waals surface area (Å²) < 4.78 is 7.62. The minimum absolute atomic E-state index is 0.0998. The van der Waals surface area contributed by atoms with Crippen molar-refractivity contribution in [1.29, 1.82) is 0 Å². The highest BCUT2D eigenvalue weighted by Gasteiger charge is 2.22. The predicted molar refractivity (Wildman–Crippen MR) is 112 cm³/mol. The molecule has 6 nitrogen and oxygen atoms in total. The van der Waals surface area contributed by atoms with Gasteiger partial charge in [-0.25, -0.2) is 0 Å². The van der Waals surface area contributed by atoms with Gasteiger partial charge in [-0.3, -0.25) is 14.5 Å². The van der Waals surface area contributed by atoms with Gasteiger partial charge in [0.25, 0.3) is 0 Å². The van der Waals surface area contributed by atoms with Crippen molar-refractivity contribution in [3.8, 4) is 11.3 Å². The lowest BCUT2D eigenvalue weighted by Gasteiger charge is -2.24. The molecule has 2 aliphatic rings. The van der Waals surface area contributed by atoms with Crippen molar-refractivity contribution in [2.75, 3.05) is 25.1 Å². The molecule has 0 aliphatic carbocycles. The summed E-state index contributed by atoms with van der Waals surface area (Å²) in [6.45, 7) is 1.66. The number of anilines is 1. The van der Waals surface area contributed by atoms with E-state index >= 15 is 0 Å². The maximum Gasteiger partial charge on any atom is 0.246 e. The number of fused-ring (bicyclic) bond motifs is 1. The maximum atomic E-state index is 12.2. The van der Waals surface area contributed by atoms with Gasteiger partial charge in [-0.1, -0.05) is 36.4 Å². The number of nitrogens with one attached hydrogen (secondary N) is 1. The average molecular weight is 386 g/mol. The summed E-state index contributed by atoms with van der Waals surface area (Å²) in [5, 5.41) is 7.58. The van der Waals surface area contributed by atoms with Crippen LogP contribution < -0.4 is 5.32 Å². The summed E-state index contributed by atoms with van der Waals surface area (Å²) in [5.74, 6) is -0.0998. The zero-order chi connectivity index (χ0) is 19.6. The topological polar surface area (TPSA) is 68.5 Å². The second kappa shape index (κ2) is 7.64. The Kier molecular flexibility index (Phi) is 4.69. The lowest BCUT2D eigenvalue weighted by molar-refractivity contribution is -0.114. The number of carbonyl (C=O) groups excluding carboxylic acids is 1. The Labute approximate surface area is 169 Å². The Hall–Kier alpha value is -3.25. The lowest BCUT2D eigenvalue weighted by atomic mass is 9.97. The molecule has 0 spiro atoms. The summed E-state index contributed by atoms with van der Waals surface area (Å²) in [4.78, 5) is 16.8. The number of hydrogen-bond acceptors (Lipinski definition) is 4. The normalized spacial score (nSPS) is 17.2. The minimum atomic E-state index is -0.0998. The van der Waals surface area contributed by atoms with E-state index in [1.165, 1.54) is 0 Å². The van der Waals surface area contributed by atoms with E-state index in [2.05, 4.69) is 26.2 Å². The molecule has 3 heterocycles. The first kappa shape index (κ1) is 17.8. The van der Waals surface area contributed by atoms with E-state index in [4.69, 9.17) is 4.74 Å². The molecule has 29 heavy (non-hydrogen) atoms. The summed E-state index contributed by atoms with van der Waals surface area (Å²) in [6, 6.07) is 18.5. The SMILES string of the molecule is O=C1CN=C(c2ccccc2)c2cc(-c3ccnn3C3CCOCC3)ccc2N1. The predicted octanol–water partition coefficient (Wildman–Crippen LogP) is 3.69. The number of aliphatic imine (C=N–C) groups is 1. The van der Waals surface area contributed by atoms with Gasteiger partial charge >= 0.3 is 0 Å². The standard InChI is InChI=1S/C23H22N4O2/c28-22-15-24-23(16-4-2-1-3-5-16)19-14-17(6-7-20(19)26-22)21-8-11-25-27(21)18-9-12-29-13-10-18/h1-8,11,14,18H,9-10,12-13,15H2,(H,26,28). The molecule has 0 unspecified atom stereocenters. The van der Waals surface area contributed by atoms with Gasteiger partial charge in [0.1, 0.15) is 6.54 Å². The number of amides is 1. The van der Waals surface area contributed by atoms with Crippen molar-refractivity contribution >= 4 is 17.3 Å². The number of aromatic nitrogens is 2. The second-order valence-corrected chi connectivity index (χ2v) is 7.34. The molecule has 1 saturated heterocycles. The smallest absolute Gasteiger partial charge is 0.246 e. The van der Waals surface area contributed by atoms with Crippen LogP contribution in [0.5, 0.6) is 0 Å². The van der Waals surface area contributed by atoms with Crippen LogP contribution in [0.4, 0.5) is 5.69 Å². The Morgan fingerprint density at radius 2 is 1.83 bits per heavy atom. The van der Waals surface area contributed by atoms with E-state index in [1.54, 1.807) is 0 Å². The molecular weight excluding hydrogens is 364 g/mol. The summed E-state index contributed by atoms with van der Waals surface area (Å²) in [5.41, 5.74) is 5.68. The molecule has 5 rings (SSSR count). The first-order chi connectivity index (χ1) is 14.3. The highest BCUT2D eigenvalue weighted by molar-refractivity contribution is 6.19. The Morgan fingerprint density at radius 1 is 1.00 bits per heavy atom. The fourth-order valence-electron chi connectivity index (χ4n) is 4.04. The van der Waals surface area contributed by atoms with E-state index in [0.29, 0.717) is 6.04 Å². The van der Waals surface area contributed by atoms with Crippen LogP contribution in [0, 0.1) is 0 Å². The van der Waals surface area contributed by atoms with E-state index in [0.717, 1.165) is 59.8 Å². The first-order valence-corrected chi connectivity index (χ1v) is 9.95. The summed E-state index contributed by atoms with van der Waals surface area (Å²) in [7, 11) is 0.